The van der Waals surface area contributed by atoms with Gasteiger partial charge in [-0.15, -0.1) is 0 Å². The Morgan fingerprint density at radius 1 is 1.31 bits per heavy atom. The number of benzene rings is 1. The molecule has 5 nitrogen and oxygen atoms in total. The molecule has 5 heteroatoms. The molecule has 0 N–H and O–H groups in total. The van der Waals surface area contributed by atoms with Crippen LogP contribution in [-0.4, -0.2) is 52.6 Å². The summed E-state index contributed by atoms with van der Waals surface area (Å²) in [7, 11) is 0. The molecular weight excluding hydrogens is 328 g/mol. The predicted molar refractivity (Wildman–Crippen MR) is 98.4 cm³/mol. The van der Waals surface area contributed by atoms with E-state index in [1.165, 1.54) is 11.1 Å². The Kier molecular flexibility index (Phi) is 4.30. The minimum atomic E-state index is -0.564. The Labute approximate surface area is 155 Å². The van der Waals surface area contributed by atoms with E-state index in [0.717, 1.165) is 12.8 Å². The number of carbonyl (C=O) groups is 2. The fourth-order valence-corrected chi connectivity index (χ4v) is 4.82. The number of ether oxygens (including phenoxy) is 1. The lowest BCUT2D eigenvalue weighted by molar-refractivity contribution is -0.141. The van der Waals surface area contributed by atoms with Crippen LogP contribution in [0.3, 0.4) is 0 Å². The van der Waals surface area contributed by atoms with Crippen molar-refractivity contribution in [3.8, 4) is 0 Å². The molecule has 3 atom stereocenters. The van der Waals surface area contributed by atoms with Crippen LogP contribution in [-0.2, 0) is 20.7 Å². The first-order chi connectivity index (χ1) is 12.4. The summed E-state index contributed by atoms with van der Waals surface area (Å²) in [6, 6.07) is 8.34. The van der Waals surface area contributed by atoms with Crippen molar-refractivity contribution in [3.05, 3.63) is 35.4 Å². The standard InChI is InChI=1S/C21H28N2O3/c1-14(2)17-13-26-21-10-11-22(18(21)12-20(25)23(17)21)19(24)9-8-16-6-4-15(3)5-7-16/h4-7,14,17-18H,8-13H2,1-3H3/t17-,18+,21-/m0/s1. The molecule has 0 bridgehead atoms. The fourth-order valence-electron chi connectivity index (χ4n) is 4.82. The summed E-state index contributed by atoms with van der Waals surface area (Å²) in [5.41, 5.74) is 1.84. The van der Waals surface area contributed by atoms with Crippen molar-refractivity contribution in [1.82, 2.24) is 9.80 Å². The number of nitrogens with zero attached hydrogens (tertiary/aromatic N) is 2. The van der Waals surface area contributed by atoms with Gasteiger partial charge in [-0.25, -0.2) is 0 Å². The number of hydrogen-bond acceptors (Lipinski definition) is 3. The lowest BCUT2D eigenvalue weighted by atomic mass is 10.0. The lowest BCUT2D eigenvalue weighted by Gasteiger charge is -2.34. The molecule has 140 valence electrons. The molecule has 3 saturated heterocycles. The normalized spacial score (nSPS) is 30.2. The van der Waals surface area contributed by atoms with Crippen LogP contribution in [0.1, 0.15) is 44.2 Å². The molecule has 0 aliphatic carbocycles. The number of amides is 2. The summed E-state index contributed by atoms with van der Waals surface area (Å²) in [5.74, 6) is 0.643. The maximum Gasteiger partial charge on any atom is 0.227 e. The molecular formula is C21H28N2O3. The van der Waals surface area contributed by atoms with Gasteiger partial charge in [-0.1, -0.05) is 43.7 Å². The summed E-state index contributed by atoms with van der Waals surface area (Å²) in [6.07, 6.45) is 2.36. The quantitative estimate of drug-likeness (QED) is 0.833. The van der Waals surface area contributed by atoms with Crippen LogP contribution in [0.2, 0.25) is 0 Å². The lowest BCUT2D eigenvalue weighted by Crippen LogP contribution is -2.51. The van der Waals surface area contributed by atoms with Crippen molar-refractivity contribution < 1.29 is 14.3 Å². The van der Waals surface area contributed by atoms with E-state index in [2.05, 4.69) is 45.0 Å². The molecule has 0 radical (unpaired) electrons. The van der Waals surface area contributed by atoms with Gasteiger partial charge in [0.25, 0.3) is 0 Å². The summed E-state index contributed by atoms with van der Waals surface area (Å²) < 4.78 is 6.20. The van der Waals surface area contributed by atoms with E-state index in [-0.39, 0.29) is 23.9 Å². The third-order valence-corrected chi connectivity index (χ3v) is 6.33. The zero-order valence-corrected chi connectivity index (χ0v) is 15.9. The van der Waals surface area contributed by atoms with Crippen LogP contribution in [0.4, 0.5) is 0 Å². The zero-order valence-electron chi connectivity index (χ0n) is 15.9. The predicted octanol–water partition coefficient (Wildman–Crippen LogP) is 2.51. The van der Waals surface area contributed by atoms with Gasteiger partial charge in [-0.05, 0) is 24.8 Å². The van der Waals surface area contributed by atoms with Gasteiger partial charge in [0.05, 0.1) is 25.1 Å². The van der Waals surface area contributed by atoms with Crippen molar-refractivity contribution in [2.24, 2.45) is 5.92 Å². The molecule has 3 aliphatic heterocycles. The largest absolute Gasteiger partial charge is 0.351 e. The number of likely N-dealkylation sites (tertiary alicyclic amines) is 1. The van der Waals surface area contributed by atoms with E-state index in [1.807, 2.05) is 9.80 Å². The SMILES string of the molecule is Cc1ccc(CCC(=O)N2CC[C@@]34OC[C@@H](C(C)C)N3C(=O)C[C@@H]24)cc1. The van der Waals surface area contributed by atoms with Crippen LogP contribution in [0.5, 0.6) is 0 Å². The number of carbonyl (C=O) groups excluding carboxylic acids is 2. The van der Waals surface area contributed by atoms with Gasteiger partial charge < -0.3 is 14.5 Å². The molecule has 0 saturated carbocycles. The second-order valence-electron chi connectivity index (χ2n) is 8.27. The maximum absolute atomic E-state index is 12.9. The van der Waals surface area contributed by atoms with Crippen LogP contribution in [0, 0.1) is 12.8 Å². The van der Waals surface area contributed by atoms with Crippen LogP contribution >= 0.6 is 0 Å². The van der Waals surface area contributed by atoms with Crippen LogP contribution in [0.25, 0.3) is 0 Å². The molecule has 3 heterocycles. The van der Waals surface area contributed by atoms with Gasteiger partial charge in [0.2, 0.25) is 11.8 Å². The molecule has 26 heavy (non-hydrogen) atoms. The monoisotopic (exact) mass is 356 g/mol. The maximum atomic E-state index is 12.9. The van der Waals surface area contributed by atoms with Crippen LogP contribution in [0.15, 0.2) is 24.3 Å². The Morgan fingerprint density at radius 3 is 2.73 bits per heavy atom. The minimum absolute atomic E-state index is 0.121. The topological polar surface area (TPSA) is 49.9 Å². The van der Waals surface area contributed by atoms with Gasteiger partial charge in [0.15, 0.2) is 5.72 Å². The van der Waals surface area contributed by atoms with E-state index in [4.69, 9.17) is 4.74 Å². The van der Waals surface area contributed by atoms with Crippen molar-refractivity contribution in [2.45, 2.75) is 64.3 Å². The first kappa shape index (κ1) is 17.5. The van der Waals surface area contributed by atoms with Gasteiger partial charge in [-0.2, -0.15) is 0 Å². The summed E-state index contributed by atoms with van der Waals surface area (Å²) in [6.45, 7) is 7.60. The van der Waals surface area contributed by atoms with E-state index in [9.17, 15) is 9.59 Å². The second kappa shape index (κ2) is 6.38. The number of rotatable bonds is 4. The molecule has 4 rings (SSSR count). The smallest absolute Gasteiger partial charge is 0.227 e. The molecule has 0 unspecified atom stereocenters. The van der Waals surface area contributed by atoms with Crippen molar-refractivity contribution >= 4 is 11.8 Å². The van der Waals surface area contributed by atoms with Gasteiger partial charge in [0, 0.05) is 19.4 Å². The average Bonchev–Trinajstić information content (AvgIpc) is 3.23. The highest BCUT2D eigenvalue weighted by Crippen LogP contribution is 2.48. The third-order valence-electron chi connectivity index (χ3n) is 6.33. The first-order valence-corrected chi connectivity index (χ1v) is 9.73. The minimum Gasteiger partial charge on any atom is -0.351 e. The highest BCUT2D eigenvalue weighted by molar-refractivity contribution is 5.85. The summed E-state index contributed by atoms with van der Waals surface area (Å²) >= 11 is 0. The first-order valence-electron chi connectivity index (χ1n) is 9.73. The average molecular weight is 356 g/mol. The van der Waals surface area contributed by atoms with Gasteiger partial charge in [0.1, 0.15) is 0 Å². The van der Waals surface area contributed by atoms with Crippen LogP contribution < -0.4 is 0 Å². The molecule has 2 amide bonds. The second-order valence-corrected chi connectivity index (χ2v) is 8.27. The third kappa shape index (κ3) is 2.64. The van der Waals surface area contributed by atoms with E-state index in [0.29, 0.717) is 31.9 Å². The number of hydrogen-bond donors (Lipinski definition) is 0. The Bertz CT molecular complexity index is 714. The number of aryl methyl sites for hydroxylation is 2. The highest BCUT2D eigenvalue weighted by atomic mass is 16.5. The van der Waals surface area contributed by atoms with E-state index < -0.39 is 5.72 Å². The van der Waals surface area contributed by atoms with Crippen molar-refractivity contribution in [3.63, 3.8) is 0 Å². The Balaban J connectivity index is 1.46. The van der Waals surface area contributed by atoms with Gasteiger partial charge in [-0.3, -0.25) is 9.59 Å². The molecule has 1 aromatic carbocycles. The highest BCUT2D eigenvalue weighted by Gasteiger charge is 2.65. The van der Waals surface area contributed by atoms with E-state index >= 15 is 0 Å². The van der Waals surface area contributed by atoms with E-state index in [1.54, 1.807) is 0 Å². The van der Waals surface area contributed by atoms with Crippen molar-refractivity contribution in [1.29, 1.82) is 0 Å². The fraction of sp³-hybridized carbons (Fsp3) is 0.619. The zero-order chi connectivity index (χ0) is 18.5. The summed E-state index contributed by atoms with van der Waals surface area (Å²) in [5, 5.41) is 0. The molecule has 1 spiro atoms. The molecule has 3 fully saturated rings. The summed E-state index contributed by atoms with van der Waals surface area (Å²) in [4.78, 5) is 29.4. The molecule has 3 aliphatic rings. The Hall–Kier alpha value is -1.88. The Morgan fingerprint density at radius 2 is 2.04 bits per heavy atom. The van der Waals surface area contributed by atoms with Crippen molar-refractivity contribution in [2.75, 3.05) is 13.2 Å². The van der Waals surface area contributed by atoms with Gasteiger partial charge >= 0.3 is 0 Å². The molecule has 0 aromatic heterocycles. The molecule has 1 aromatic rings.